The maximum atomic E-state index is 12.0. The minimum Gasteiger partial charge on any atom is -0.346 e. The van der Waals surface area contributed by atoms with Crippen LogP contribution in [0, 0.1) is 5.92 Å². The molecular weight excluding hydrogens is 230 g/mol. The number of amides is 1. The van der Waals surface area contributed by atoms with Crippen molar-refractivity contribution in [1.29, 1.82) is 0 Å². The van der Waals surface area contributed by atoms with Crippen LogP contribution in [0.4, 0.5) is 0 Å². The van der Waals surface area contributed by atoms with E-state index in [1.807, 2.05) is 6.92 Å². The normalized spacial score (nSPS) is 23.9. The number of hydrogen-bond acceptors (Lipinski definition) is 4. The summed E-state index contributed by atoms with van der Waals surface area (Å²) in [6.45, 7) is 4.68. The Morgan fingerprint density at radius 1 is 1.56 bits per heavy atom. The molecule has 18 heavy (non-hydrogen) atoms. The molecule has 0 radical (unpaired) electrons. The molecule has 3 heterocycles. The number of carbonyl (C=O) groups excluding carboxylic acids is 1. The summed E-state index contributed by atoms with van der Waals surface area (Å²) in [4.78, 5) is 12.0. The molecule has 2 atom stereocenters. The highest BCUT2D eigenvalue weighted by Crippen LogP contribution is 2.19. The fourth-order valence-electron chi connectivity index (χ4n) is 2.77. The van der Waals surface area contributed by atoms with Crippen LogP contribution in [0.25, 0.3) is 0 Å². The predicted molar refractivity (Wildman–Crippen MR) is 65.9 cm³/mol. The van der Waals surface area contributed by atoms with Crippen molar-refractivity contribution in [3.05, 3.63) is 11.6 Å². The van der Waals surface area contributed by atoms with Gasteiger partial charge in [-0.25, -0.2) is 0 Å². The highest BCUT2D eigenvalue weighted by molar-refractivity contribution is 5.79. The summed E-state index contributed by atoms with van der Waals surface area (Å²) in [5, 5.41) is 14.6. The van der Waals surface area contributed by atoms with Crippen LogP contribution in [0.2, 0.25) is 0 Å². The zero-order chi connectivity index (χ0) is 12.5. The van der Waals surface area contributed by atoms with E-state index >= 15 is 0 Å². The molecule has 1 amide bonds. The number of rotatable bonds is 3. The molecule has 0 spiro atoms. The van der Waals surface area contributed by atoms with Crippen LogP contribution < -0.4 is 10.6 Å². The number of hydrogen-bond donors (Lipinski definition) is 2. The second kappa shape index (κ2) is 4.68. The topological polar surface area (TPSA) is 71.8 Å². The molecule has 0 aliphatic carbocycles. The summed E-state index contributed by atoms with van der Waals surface area (Å²) < 4.78 is 2.14. The van der Waals surface area contributed by atoms with Crippen LogP contribution in [0.1, 0.15) is 37.5 Å². The van der Waals surface area contributed by atoms with Gasteiger partial charge < -0.3 is 15.2 Å². The molecule has 2 unspecified atom stereocenters. The van der Waals surface area contributed by atoms with Gasteiger partial charge in [0.05, 0.1) is 12.0 Å². The number of fused-ring (bicyclic) bond motifs is 1. The Hall–Kier alpha value is -1.43. The van der Waals surface area contributed by atoms with E-state index < -0.39 is 0 Å². The summed E-state index contributed by atoms with van der Waals surface area (Å²) in [6, 6.07) is -0.0579. The summed E-state index contributed by atoms with van der Waals surface area (Å²) in [5.41, 5.74) is 0. The molecule has 6 heteroatoms. The minimum atomic E-state index is -0.0579. The average Bonchev–Trinajstić information content (AvgIpc) is 3.06. The van der Waals surface area contributed by atoms with Crippen molar-refractivity contribution in [2.45, 2.75) is 38.8 Å². The third-order valence-corrected chi connectivity index (χ3v) is 3.82. The van der Waals surface area contributed by atoms with E-state index in [0.29, 0.717) is 0 Å². The molecule has 6 nitrogen and oxygen atoms in total. The number of nitrogens with one attached hydrogen (secondary N) is 2. The smallest absolute Gasteiger partial charge is 0.225 e. The monoisotopic (exact) mass is 249 g/mol. The van der Waals surface area contributed by atoms with Gasteiger partial charge in [-0.2, -0.15) is 0 Å². The second-order valence-corrected chi connectivity index (χ2v) is 5.15. The van der Waals surface area contributed by atoms with E-state index in [2.05, 4.69) is 25.4 Å². The molecule has 0 bridgehead atoms. The molecule has 3 rings (SSSR count). The number of nitrogens with zero attached hydrogens (tertiary/aromatic N) is 3. The number of carbonyl (C=O) groups is 1. The van der Waals surface area contributed by atoms with Crippen molar-refractivity contribution in [2.24, 2.45) is 5.92 Å². The first kappa shape index (κ1) is 11.6. The molecular formula is C12H19N5O. The van der Waals surface area contributed by atoms with Gasteiger partial charge in [0.2, 0.25) is 5.91 Å². The Morgan fingerprint density at radius 2 is 2.44 bits per heavy atom. The standard InChI is InChI=1S/C12H19N5O/c1-8(14-12(18)9-4-5-13-7-9)11-16-15-10-3-2-6-17(10)11/h8-9,13H,2-7H2,1H3,(H,14,18). The number of aromatic nitrogens is 3. The van der Waals surface area contributed by atoms with Crippen molar-refractivity contribution in [1.82, 2.24) is 25.4 Å². The van der Waals surface area contributed by atoms with E-state index in [9.17, 15) is 4.79 Å². The van der Waals surface area contributed by atoms with Crippen molar-refractivity contribution in [3.63, 3.8) is 0 Å². The third-order valence-electron chi connectivity index (χ3n) is 3.82. The fourth-order valence-corrected chi connectivity index (χ4v) is 2.77. The van der Waals surface area contributed by atoms with Crippen molar-refractivity contribution in [2.75, 3.05) is 13.1 Å². The van der Waals surface area contributed by atoms with E-state index in [1.165, 1.54) is 0 Å². The summed E-state index contributed by atoms with van der Waals surface area (Å²) in [6.07, 6.45) is 3.06. The quantitative estimate of drug-likeness (QED) is 0.791. The first-order valence-electron chi connectivity index (χ1n) is 6.69. The molecule has 1 aromatic heterocycles. The molecule has 1 saturated heterocycles. The molecule has 1 fully saturated rings. The summed E-state index contributed by atoms with van der Waals surface area (Å²) >= 11 is 0. The van der Waals surface area contributed by atoms with Gasteiger partial charge in [0.1, 0.15) is 5.82 Å². The van der Waals surface area contributed by atoms with Gasteiger partial charge >= 0.3 is 0 Å². The van der Waals surface area contributed by atoms with Crippen LogP contribution in [0.5, 0.6) is 0 Å². The van der Waals surface area contributed by atoms with Gasteiger partial charge in [0.15, 0.2) is 5.82 Å². The lowest BCUT2D eigenvalue weighted by Crippen LogP contribution is -2.34. The summed E-state index contributed by atoms with van der Waals surface area (Å²) in [5.74, 6) is 2.17. The van der Waals surface area contributed by atoms with Gasteiger partial charge in [-0.3, -0.25) is 4.79 Å². The molecule has 98 valence electrons. The van der Waals surface area contributed by atoms with Crippen molar-refractivity contribution < 1.29 is 4.79 Å². The summed E-state index contributed by atoms with van der Waals surface area (Å²) in [7, 11) is 0. The van der Waals surface area contributed by atoms with E-state index in [4.69, 9.17) is 0 Å². The van der Waals surface area contributed by atoms with E-state index in [1.54, 1.807) is 0 Å². The zero-order valence-corrected chi connectivity index (χ0v) is 10.6. The predicted octanol–water partition coefficient (Wildman–Crippen LogP) is 0.0110. The van der Waals surface area contributed by atoms with Gasteiger partial charge in [0.25, 0.3) is 0 Å². The van der Waals surface area contributed by atoms with Gasteiger partial charge in [-0.15, -0.1) is 10.2 Å². The SMILES string of the molecule is CC(NC(=O)C1CCNC1)c1nnc2n1CCC2. The van der Waals surface area contributed by atoms with E-state index in [-0.39, 0.29) is 17.9 Å². The molecule has 0 saturated carbocycles. The zero-order valence-electron chi connectivity index (χ0n) is 10.6. The lowest BCUT2D eigenvalue weighted by molar-refractivity contribution is -0.125. The maximum absolute atomic E-state index is 12.0. The van der Waals surface area contributed by atoms with Gasteiger partial charge in [-0.1, -0.05) is 0 Å². The fraction of sp³-hybridized carbons (Fsp3) is 0.750. The first-order chi connectivity index (χ1) is 8.75. The minimum absolute atomic E-state index is 0.0579. The Bertz CT molecular complexity index is 449. The maximum Gasteiger partial charge on any atom is 0.225 e. The van der Waals surface area contributed by atoms with Crippen LogP contribution in [0.3, 0.4) is 0 Å². The highest BCUT2D eigenvalue weighted by Gasteiger charge is 2.26. The van der Waals surface area contributed by atoms with E-state index in [0.717, 1.165) is 50.5 Å². The van der Waals surface area contributed by atoms with Crippen molar-refractivity contribution >= 4 is 5.91 Å². The van der Waals surface area contributed by atoms with Gasteiger partial charge in [0, 0.05) is 19.5 Å². The van der Waals surface area contributed by atoms with Crippen LogP contribution in [-0.4, -0.2) is 33.8 Å². The lowest BCUT2D eigenvalue weighted by Gasteiger charge is -2.16. The van der Waals surface area contributed by atoms with Crippen LogP contribution in [-0.2, 0) is 17.8 Å². The highest BCUT2D eigenvalue weighted by atomic mass is 16.2. The Balaban J connectivity index is 1.67. The molecule has 2 aliphatic rings. The Labute approximate surface area is 106 Å². The van der Waals surface area contributed by atoms with Crippen LogP contribution >= 0.6 is 0 Å². The van der Waals surface area contributed by atoms with Gasteiger partial charge in [-0.05, 0) is 26.3 Å². The Morgan fingerprint density at radius 3 is 3.22 bits per heavy atom. The lowest BCUT2D eigenvalue weighted by atomic mass is 10.1. The second-order valence-electron chi connectivity index (χ2n) is 5.15. The third kappa shape index (κ3) is 2.01. The molecule has 1 aromatic rings. The Kier molecular flexibility index (Phi) is 3.03. The van der Waals surface area contributed by atoms with Crippen molar-refractivity contribution in [3.8, 4) is 0 Å². The molecule has 2 aliphatic heterocycles. The first-order valence-corrected chi connectivity index (χ1v) is 6.69. The average molecular weight is 249 g/mol. The van der Waals surface area contributed by atoms with Crippen LogP contribution in [0.15, 0.2) is 0 Å². The number of aryl methyl sites for hydroxylation is 1. The largest absolute Gasteiger partial charge is 0.346 e. The molecule has 2 N–H and O–H groups in total. The molecule has 0 aromatic carbocycles.